The largest absolute Gasteiger partial charge is 0.410 e. The van der Waals surface area contributed by atoms with Crippen LogP contribution in [0.5, 0.6) is 0 Å². The second kappa shape index (κ2) is 7.12. The molecule has 5 aliphatic rings. The van der Waals surface area contributed by atoms with E-state index in [9.17, 15) is 4.79 Å². The second-order valence-electron chi connectivity index (χ2n) is 11.0. The van der Waals surface area contributed by atoms with Crippen molar-refractivity contribution in [3.8, 4) is 0 Å². The molecule has 1 fully saturated rings. The zero-order valence-electron chi connectivity index (χ0n) is 19.5. The molecule has 0 saturated carbocycles. The molecule has 0 aromatic carbocycles. The summed E-state index contributed by atoms with van der Waals surface area (Å²) in [5.74, 6) is -0.896. The highest BCUT2D eigenvalue weighted by molar-refractivity contribution is 6.74. The lowest BCUT2D eigenvalue weighted by molar-refractivity contribution is -0.332. The highest BCUT2D eigenvalue weighted by Crippen LogP contribution is 2.53. The Morgan fingerprint density at radius 3 is 2.65 bits per heavy atom. The van der Waals surface area contributed by atoms with Gasteiger partial charge in [0.2, 0.25) is 5.91 Å². The summed E-state index contributed by atoms with van der Waals surface area (Å²) < 4.78 is 24.8. The predicted octanol–water partition coefficient (Wildman–Crippen LogP) is 4.06. The lowest BCUT2D eigenvalue weighted by Gasteiger charge is -2.49. The van der Waals surface area contributed by atoms with Crippen LogP contribution in [-0.2, 0) is 23.4 Å². The van der Waals surface area contributed by atoms with Crippen LogP contribution in [0.25, 0.3) is 0 Å². The normalized spacial score (nSPS) is 32.7. The first-order valence-electron chi connectivity index (χ1n) is 11.6. The topological polar surface area (TPSA) is 57.2 Å². The Labute approximate surface area is 186 Å². The van der Waals surface area contributed by atoms with Crippen LogP contribution in [0.3, 0.4) is 0 Å². The number of rotatable bonds is 2. The van der Waals surface area contributed by atoms with Gasteiger partial charge in [0, 0.05) is 19.0 Å². The summed E-state index contributed by atoms with van der Waals surface area (Å²) in [6.07, 6.45) is 9.29. The number of ether oxygens (including phenoxy) is 3. The van der Waals surface area contributed by atoms with Crippen molar-refractivity contribution >= 4 is 14.2 Å². The first-order chi connectivity index (χ1) is 14.6. The fourth-order valence-corrected chi connectivity index (χ4v) is 6.74. The third-order valence-corrected chi connectivity index (χ3v) is 12.6. The van der Waals surface area contributed by atoms with Crippen molar-refractivity contribution in [2.45, 2.75) is 82.2 Å². The molecule has 4 aliphatic heterocycles. The highest BCUT2D eigenvalue weighted by Gasteiger charge is 2.57. The van der Waals surface area contributed by atoms with Gasteiger partial charge in [-0.05, 0) is 47.7 Å². The summed E-state index contributed by atoms with van der Waals surface area (Å²) in [6.45, 7) is 13.7. The van der Waals surface area contributed by atoms with E-state index in [1.54, 1.807) is 0 Å². The molecule has 1 amide bonds. The van der Waals surface area contributed by atoms with Gasteiger partial charge in [-0.1, -0.05) is 32.9 Å². The molecule has 5 rings (SSSR count). The summed E-state index contributed by atoms with van der Waals surface area (Å²) in [5, 5.41) is 0.127. The molecular weight excluding hydrogens is 410 g/mol. The minimum atomic E-state index is -1.97. The Balaban J connectivity index is 1.56. The van der Waals surface area contributed by atoms with E-state index in [1.807, 2.05) is 6.08 Å². The maximum absolute atomic E-state index is 13.1. The van der Waals surface area contributed by atoms with Gasteiger partial charge >= 0.3 is 0 Å². The SMILES string of the molecule is CC(C)(C)[Si](C)(C)O[C@H]1C=CC2=CC(=O)N3CCCC4=C(CC5(OCCO5)OC4)[C@]23C1. The van der Waals surface area contributed by atoms with Gasteiger partial charge in [-0.3, -0.25) is 4.79 Å². The first-order valence-corrected chi connectivity index (χ1v) is 14.5. The summed E-state index contributed by atoms with van der Waals surface area (Å²) in [4.78, 5) is 15.2. The standard InChI is InChI=1S/C24H35NO5Si/c1-22(2,3)31(4,5)30-19-9-8-18-13-21(26)25-10-6-7-17-16-29-24(27-11-12-28-24)15-20(17)23(18,25)14-19/h8-9,13,19H,6-7,10-12,14-16H2,1-5H3/t19-,23-/m0/s1. The van der Waals surface area contributed by atoms with E-state index in [0.717, 1.165) is 31.4 Å². The zero-order chi connectivity index (χ0) is 22.1. The van der Waals surface area contributed by atoms with E-state index in [2.05, 4.69) is 50.9 Å². The van der Waals surface area contributed by atoms with Gasteiger partial charge in [-0.25, -0.2) is 0 Å². The zero-order valence-corrected chi connectivity index (χ0v) is 20.5. The fourth-order valence-electron chi connectivity index (χ4n) is 5.47. The third-order valence-electron chi connectivity index (χ3n) is 8.10. The van der Waals surface area contributed by atoms with Crippen LogP contribution >= 0.6 is 0 Å². The maximum Gasteiger partial charge on any atom is 0.287 e. The van der Waals surface area contributed by atoms with Crippen molar-refractivity contribution in [2.24, 2.45) is 0 Å². The van der Waals surface area contributed by atoms with E-state index in [1.165, 1.54) is 11.1 Å². The molecule has 0 unspecified atom stereocenters. The molecule has 0 bridgehead atoms. The molecule has 6 nitrogen and oxygen atoms in total. The number of hydrogen-bond acceptors (Lipinski definition) is 5. The van der Waals surface area contributed by atoms with E-state index in [-0.39, 0.29) is 17.0 Å². The molecular formula is C24H35NO5Si. The van der Waals surface area contributed by atoms with Gasteiger partial charge in [-0.15, -0.1) is 0 Å². The van der Waals surface area contributed by atoms with E-state index in [0.29, 0.717) is 26.2 Å². The molecule has 31 heavy (non-hydrogen) atoms. The average molecular weight is 446 g/mol. The van der Waals surface area contributed by atoms with Gasteiger partial charge in [0.15, 0.2) is 8.32 Å². The van der Waals surface area contributed by atoms with Crippen molar-refractivity contribution in [1.82, 2.24) is 4.90 Å². The number of hydrogen-bond donors (Lipinski definition) is 0. The minimum Gasteiger partial charge on any atom is -0.410 e. The molecule has 7 heteroatoms. The maximum atomic E-state index is 13.1. The lowest BCUT2D eigenvalue weighted by atomic mass is 9.71. The van der Waals surface area contributed by atoms with E-state index >= 15 is 0 Å². The van der Waals surface area contributed by atoms with Gasteiger partial charge < -0.3 is 23.5 Å². The number of nitrogens with zero attached hydrogens (tertiary/aromatic N) is 1. The van der Waals surface area contributed by atoms with Gasteiger partial charge in [0.1, 0.15) is 0 Å². The molecule has 1 aliphatic carbocycles. The molecule has 4 heterocycles. The van der Waals surface area contributed by atoms with Crippen LogP contribution in [0.4, 0.5) is 0 Å². The Morgan fingerprint density at radius 2 is 1.94 bits per heavy atom. The first kappa shape index (κ1) is 21.6. The molecule has 0 N–H and O–H groups in total. The summed E-state index contributed by atoms with van der Waals surface area (Å²) in [7, 11) is -1.97. The Bertz CT molecular complexity index is 877. The van der Waals surface area contributed by atoms with Crippen molar-refractivity contribution in [3.63, 3.8) is 0 Å². The monoisotopic (exact) mass is 445 g/mol. The quantitative estimate of drug-likeness (QED) is 0.474. The van der Waals surface area contributed by atoms with E-state index < -0.39 is 19.8 Å². The Morgan fingerprint density at radius 1 is 1.19 bits per heavy atom. The fraction of sp³-hybridized carbons (Fsp3) is 0.708. The van der Waals surface area contributed by atoms with Crippen LogP contribution in [-0.4, -0.2) is 63.1 Å². The minimum absolute atomic E-state index is 0.0255. The Kier molecular flexibility index (Phi) is 4.96. The van der Waals surface area contributed by atoms with Crippen LogP contribution in [0, 0.1) is 0 Å². The summed E-state index contributed by atoms with van der Waals surface area (Å²) >= 11 is 0. The van der Waals surface area contributed by atoms with E-state index in [4.69, 9.17) is 18.6 Å². The van der Waals surface area contributed by atoms with Crippen molar-refractivity contribution in [2.75, 3.05) is 26.4 Å². The molecule has 2 atom stereocenters. The Hall–Kier alpha value is -1.25. The average Bonchev–Trinajstić information content (AvgIpc) is 3.20. The summed E-state index contributed by atoms with van der Waals surface area (Å²) in [5.41, 5.74) is 3.16. The van der Waals surface area contributed by atoms with Crippen molar-refractivity contribution in [3.05, 3.63) is 34.9 Å². The van der Waals surface area contributed by atoms with Crippen molar-refractivity contribution < 1.29 is 23.4 Å². The number of amides is 1. The molecule has 2 spiro atoms. The van der Waals surface area contributed by atoms with Crippen molar-refractivity contribution in [1.29, 1.82) is 0 Å². The highest BCUT2D eigenvalue weighted by atomic mass is 28.4. The van der Waals surface area contributed by atoms with Crippen LogP contribution in [0.2, 0.25) is 18.1 Å². The van der Waals surface area contributed by atoms with Crippen LogP contribution in [0.15, 0.2) is 34.9 Å². The molecule has 0 aromatic heterocycles. The molecule has 0 aromatic rings. The molecule has 1 saturated heterocycles. The van der Waals surface area contributed by atoms with Gasteiger partial charge in [0.05, 0.1) is 37.9 Å². The molecule has 0 radical (unpaired) electrons. The molecule has 170 valence electrons. The number of carbonyl (C=O) groups is 1. The van der Waals surface area contributed by atoms with Crippen LogP contribution in [0.1, 0.15) is 46.5 Å². The van der Waals surface area contributed by atoms with Crippen LogP contribution < -0.4 is 0 Å². The number of carbonyl (C=O) groups excluding carboxylic acids is 1. The summed E-state index contributed by atoms with van der Waals surface area (Å²) in [6, 6.07) is 0. The van der Waals surface area contributed by atoms with Gasteiger partial charge in [-0.2, -0.15) is 0 Å². The second-order valence-corrected chi connectivity index (χ2v) is 15.7. The van der Waals surface area contributed by atoms with Gasteiger partial charge in [0.25, 0.3) is 5.97 Å². The third kappa shape index (κ3) is 3.32. The lowest BCUT2D eigenvalue weighted by Crippen LogP contribution is -2.56. The predicted molar refractivity (Wildman–Crippen MR) is 120 cm³/mol. The smallest absolute Gasteiger partial charge is 0.287 e.